The molecule has 0 aliphatic rings. The van der Waals surface area contributed by atoms with Gasteiger partial charge in [0.25, 0.3) is 0 Å². The van der Waals surface area contributed by atoms with Crippen LogP contribution >= 0.6 is 0 Å². The number of carboxylic acid groups (broad SMARTS) is 1. The standard InChI is InChI=1S/C15H16N2O5/c1-9(18)16-6-5-10-8-17-11-3-2-4-12(15(10)11)22-14(21)7-13(19)20/h2-4,8,17H,5-7H2,1H3,(H,16,18)(H,19,20). The highest BCUT2D eigenvalue weighted by Crippen LogP contribution is 2.29. The van der Waals surface area contributed by atoms with Crippen LogP contribution in [0.5, 0.6) is 5.75 Å². The highest BCUT2D eigenvalue weighted by Gasteiger charge is 2.15. The third-order valence-corrected chi connectivity index (χ3v) is 3.04. The Hall–Kier alpha value is -2.83. The third-order valence-electron chi connectivity index (χ3n) is 3.04. The molecule has 0 spiro atoms. The molecule has 0 fully saturated rings. The summed E-state index contributed by atoms with van der Waals surface area (Å²) in [5.41, 5.74) is 1.65. The van der Waals surface area contributed by atoms with Gasteiger partial charge in [0.15, 0.2) is 0 Å². The normalized spacial score (nSPS) is 10.4. The van der Waals surface area contributed by atoms with Crippen molar-refractivity contribution in [2.24, 2.45) is 0 Å². The number of fused-ring (bicyclic) bond motifs is 1. The molecule has 0 radical (unpaired) electrons. The maximum absolute atomic E-state index is 11.5. The number of hydrogen-bond donors (Lipinski definition) is 3. The molecule has 0 aliphatic heterocycles. The van der Waals surface area contributed by atoms with Crippen molar-refractivity contribution in [2.45, 2.75) is 19.8 Å². The van der Waals surface area contributed by atoms with E-state index in [1.165, 1.54) is 6.92 Å². The van der Waals surface area contributed by atoms with Crippen molar-refractivity contribution in [3.05, 3.63) is 30.0 Å². The van der Waals surface area contributed by atoms with Crippen LogP contribution in [0.15, 0.2) is 24.4 Å². The second-order valence-corrected chi connectivity index (χ2v) is 4.77. The number of carbonyl (C=O) groups excluding carboxylic acids is 2. The topological polar surface area (TPSA) is 108 Å². The molecule has 0 aliphatic carbocycles. The molecule has 116 valence electrons. The molecule has 1 amide bonds. The lowest BCUT2D eigenvalue weighted by molar-refractivity contribution is -0.145. The number of rotatable bonds is 6. The molecular weight excluding hydrogens is 288 g/mol. The van der Waals surface area contributed by atoms with Crippen LogP contribution in [0.3, 0.4) is 0 Å². The second kappa shape index (κ2) is 6.75. The third kappa shape index (κ3) is 3.85. The van der Waals surface area contributed by atoms with Crippen molar-refractivity contribution in [2.75, 3.05) is 6.54 Å². The summed E-state index contributed by atoms with van der Waals surface area (Å²) >= 11 is 0. The molecule has 0 bridgehead atoms. The van der Waals surface area contributed by atoms with Gasteiger partial charge in [-0.1, -0.05) is 6.07 Å². The Morgan fingerprint density at radius 3 is 2.77 bits per heavy atom. The van der Waals surface area contributed by atoms with E-state index >= 15 is 0 Å². The number of amides is 1. The molecule has 7 nitrogen and oxygen atoms in total. The molecule has 0 saturated heterocycles. The largest absolute Gasteiger partial charge is 0.481 e. The summed E-state index contributed by atoms with van der Waals surface area (Å²) in [7, 11) is 0. The SMILES string of the molecule is CC(=O)NCCc1c[nH]c2cccc(OC(=O)CC(=O)O)c12. The van der Waals surface area contributed by atoms with Gasteiger partial charge in [0, 0.05) is 30.6 Å². The number of hydrogen-bond acceptors (Lipinski definition) is 4. The summed E-state index contributed by atoms with van der Waals surface area (Å²) in [6.45, 7) is 1.90. The lowest BCUT2D eigenvalue weighted by Gasteiger charge is -2.07. The van der Waals surface area contributed by atoms with E-state index in [4.69, 9.17) is 9.84 Å². The van der Waals surface area contributed by atoms with E-state index in [2.05, 4.69) is 10.3 Å². The van der Waals surface area contributed by atoms with E-state index in [9.17, 15) is 14.4 Å². The van der Waals surface area contributed by atoms with Crippen LogP contribution in [0.1, 0.15) is 18.9 Å². The van der Waals surface area contributed by atoms with Gasteiger partial charge < -0.3 is 20.1 Å². The van der Waals surface area contributed by atoms with E-state index < -0.39 is 18.4 Å². The monoisotopic (exact) mass is 304 g/mol. The average molecular weight is 304 g/mol. The highest BCUT2D eigenvalue weighted by atomic mass is 16.5. The predicted octanol–water partition coefficient (Wildman–Crippen LogP) is 1.23. The van der Waals surface area contributed by atoms with Crippen molar-refractivity contribution in [1.29, 1.82) is 0 Å². The van der Waals surface area contributed by atoms with Crippen LogP contribution in [0, 0.1) is 0 Å². The molecule has 7 heteroatoms. The minimum Gasteiger partial charge on any atom is -0.481 e. The molecule has 1 heterocycles. The average Bonchev–Trinajstić information content (AvgIpc) is 2.82. The highest BCUT2D eigenvalue weighted by molar-refractivity contribution is 5.95. The van der Waals surface area contributed by atoms with Gasteiger partial charge in [-0.15, -0.1) is 0 Å². The van der Waals surface area contributed by atoms with Gasteiger partial charge >= 0.3 is 11.9 Å². The van der Waals surface area contributed by atoms with Crippen molar-refractivity contribution >= 4 is 28.7 Å². The molecule has 1 aromatic heterocycles. The zero-order valence-electron chi connectivity index (χ0n) is 12.0. The van der Waals surface area contributed by atoms with Crippen LogP contribution in [-0.2, 0) is 20.8 Å². The summed E-state index contributed by atoms with van der Waals surface area (Å²) in [6.07, 6.45) is 1.65. The zero-order chi connectivity index (χ0) is 16.1. The maximum atomic E-state index is 11.5. The molecular formula is C15H16N2O5. The fourth-order valence-electron chi connectivity index (χ4n) is 2.16. The minimum absolute atomic E-state index is 0.118. The van der Waals surface area contributed by atoms with Gasteiger partial charge in [0.05, 0.1) is 0 Å². The number of aliphatic carboxylic acids is 1. The van der Waals surface area contributed by atoms with Crippen molar-refractivity contribution in [1.82, 2.24) is 10.3 Å². The van der Waals surface area contributed by atoms with Crippen LogP contribution < -0.4 is 10.1 Å². The molecule has 0 atom stereocenters. The van der Waals surface area contributed by atoms with Crippen LogP contribution in [0.4, 0.5) is 0 Å². The Morgan fingerprint density at radius 2 is 2.09 bits per heavy atom. The van der Waals surface area contributed by atoms with Gasteiger partial charge in [-0.05, 0) is 24.1 Å². The van der Waals surface area contributed by atoms with Gasteiger partial charge in [-0.25, -0.2) is 0 Å². The number of nitrogens with one attached hydrogen (secondary N) is 2. The summed E-state index contributed by atoms with van der Waals surface area (Å²) in [5, 5.41) is 12.0. The number of H-pyrrole nitrogens is 1. The smallest absolute Gasteiger partial charge is 0.322 e. The molecule has 2 rings (SSSR count). The lowest BCUT2D eigenvalue weighted by atomic mass is 10.1. The number of benzene rings is 1. The molecule has 1 aromatic carbocycles. The number of aromatic amines is 1. The van der Waals surface area contributed by atoms with Gasteiger partial charge in [-0.3, -0.25) is 14.4 Å². The zero-order valence-corrected chi connectivity index (χ0v) is 12.0. The summed E-state index contributed by atoms with van der Waals surface area (Å²) < 4.78 is 5.14. The van der Waals surface area contributed by atoms with E-state index in [0.29, 0.717) is 24.1 Å². The summed E-state index contributed by atoms with van der Waals surface area (Å²) in [6, 6.07) is 5.14. The second-order valence-electron chi connectivity index (χ2n) is 4.77. The van der Waals surface area contributed by atoms with Gasteiger partial charge in [-0.2, -0.15) is 0 Å². The molecule has 0 saturated carbocycles. The Labute approximate surface area is 126 Å². The first-order valence-electron chi connectivity index (χ1n) is 6.73. The Kier molecular flexibility index (Phi) is 4.77. The number of aromatic nitrogens is 1. The van der Waals surface area contributed by atoms with Crippen LogP contribution in [-0.4, -0.2) is 34.5 Å². The quantitative estimate of drug-likeness (QED) is 0.422. The first-order valence-corrected chi connectivity index (χ1v) is 6.73. The molecule has 3 N–H and O–H groups in total. The fraction of sp³-hybridized carbons (Fsp3) is 0.267. The first kappa shape index (κ1) is 15.6. The minimum atomic E-state index is -1.24. The maximum Gasteiger partial charge on any atom is 0.322 e. The molecule has 0 unspecified atom stereocenters. The van der Waals surface area contributed by atoms with E-state index in [1.807, 2.05) is 6.07 Å². The van der Waals surface area contributed by atoms with Crippen molar-refractivity contribution < 1.29 is 24.2 Å². The Bertz CT molecular complexity index is 720. The fourth-order valence-corrected chi connectivity index (χ4v) is 2.16. The van der Waals surface area contributed by atoms with Crippen molar-refractivity contribution in [3.63, 3.8) is 0 Å². The predicted molar refractivity (Wildman–Crippen MR) is 78.6 cm³/mol. The molecule has 2 aromatic rings. The number of carboxylic acids is 1. The number of carbonyl (C=O) groups is 3. The van der Waals surface area contributed by atoms with E-state index in [1.54, 1.807) is 18.3 Å². The van der Waals surface area contributed by atoms with Crippen molar-refractivity contribution in [3.8, 4) is 5.75 Å². The van der Waals surface area contributed by atoms with Crippen LogP contribution in [0.2, 0.25) is 0 Å². The Balaban J connectivity index is 2.22. The van der Waals surface area contributed by atoms with E-state index in [-0.39, 0.29) is 5.91 Å². The number of esters is 1. The Morgan fingerprint density at radius 1 is 1.32 bits per heavy atom. The summed E-state index contributed by atoms with van der Waals surface area (Å²) in [4.78, 5) is 36.0. The van der Waals surface area contributed by atoms with Gasteiger partial charge in [0.1, 0.15) is 12.2 Å². The first-order chi connectivity index (χ1) is 10.5. The summed E-state index contributed by atoms with van der Waals surface area (Å²) in [5.74, 6) is -1.87. The number of ether oxygens (including phenoxy) is 1. The van der Waals surface area contributed by atoms with E-state index in [0.717, 1.165) is 11.1 Å². The van der Waals surface area contributed by atoms with Crippen LogP contribution in [0.25, 0.3) is 10.9 Å². The lowest BCUT2D eigenvalue weighted by Crippen LogP contribution is -2.22. The van der Waals surface area contributed by atoms with Gasteiger partial charge in [0.2, 0.25) is 5.91 Å². The molecule has 22 heavy (non-hydrogen) atoms.